The average molecular weight is 477 g/mol. The molecule has 0 fully saturated rings. The van der Waals surface area contributed by atoms with E-state index in [1.807, 2.05) is 12.1 Å². The third-order valence-corrected chi connectivity index (χ3v) is 8.99. The second-order valence-corrected chi connectivity index (χ2v) is 10.8. The van der Waals surface area contributed by atoms with E-state index in [0.29, 0.717) is 0 Å². The van der Waals surface area contributed by atoms with Gasteiger partial charge in [0.1, 0.15) is 5.75 Å². The lowest BCUT2D eigenvalue weighted by atomic mass is 10.0. The Morgan fingerprint density at radius 1 is 0.618 bits per heavy atom. The van der Waals surface area contributed by atoms with Crippen LogP contribution in [0.4, 0.5) is 0 Å². The first-order chi connectivity index (χ1) is 16.8. The van der Waals surface area contributed by atoms with Gasteiger partial charge in [-0.05, 0) is 63.4 Å². The van der Waals surface area contributed by atoms with E-state index in [9.17, 15) is 0 Å². The Hall–Kier alpha value is -3.45. The number of methoxy groups -OCH3 is 1. The molecule has 0 N–H and O–H groups in total. The van der Waals surface area contributed by atoms with Crippen LogP contribution in [0.2, 0.25) is 0 Å². The SMILES string of the molecule is COc1ccc(C=Cc2cscc2-c2ccccc2P(c2ccccc2)c2ccccc2)cc1. The summed E-state index contributed by atoms with van der Waals surface area (Å²) in [6.07, 6.45) is 4.39. The summed E-state index contributed by atoms with van der Waals surface area (Å²) < 4.78 is 5.28. The fourth-order valence-electron chi connectivity index (χ4n) is 4.03. The molecule has 5 aromatic rings. The Kier molecular flexibility index (Phi) is 7.00. The van der Waals surface area contributed by atoms with Crippen LogP contribution in [-0.4, -0.2) is 7.11 Å². The van der Waals surface area contributed by atoms with Gasteiger partial charge in [0.2, 0.25) is 0 Å². The lowest BCUT2D eigenvalue weighted by molar-refractivity contribution is 0.415. The van der Waals surface area contributed by atoms with Gasteiger partial charge in [0, 0.05) is 5.56 Å². The van der Waals surface area contributed by atoms with Gasteiger partial charge in [-0.25, -0.2) is 0 Å². The van der Waals surface area contributed by atoms with Crippen LogP contribution in [0.1, 0.15) is 11.1 Å². The zero-order chi connectivity index (χ0) is 23.2. The van der Waals surface area contributed by atoms with E-state index in [-0.39, 0.29) is 0 Å². The third kappa shape index (κ3) is 4.89. The monoisotopic (exact) mass is 476 g/mol. The highest BCUT2D eigenvalue weighted by Gasteiger charge is 2.20. The molecular weight excluding hydrogens is 451 g/mol. The molecule has 1 nitrogen and oxygen atoms in total. The van der Waals surface area contributed by atoms with Gasteiger partial charge >= 0.3 is 0 Å². The summed E-state index contributed by atoms with van der Waals surface area (Å²) in [6.45, 7) is 0. The summed E-state index contributed by atoms with van der Waals surface area (Å²) in [6, 6.07) is 38.8. The topological polar surface area (TPSA) is 9.23 Å². The Morgan fingerprint density at radius 2 is 1.24 bits per heavy atom. The van der Waals surface area contributed by atoms with Crippen molar-refractivity contribution in [2.75, 3.05) is 7.11 Å². The van der Waals surface area contributed by atoms with Crippen molar-refractivity contribution in [1.82, 2.24) is 0 Å². The first kappa shape index (κ1) is 22.3. The molecule has 1 heterocycles. The zero-order valence-electron chi connectivity index (χ0n) is 19.0. The summed E-state index contributed by atoms with van der Waals surface area (Å²) in [5.74, 6) is 0.873. The molecule has 0 spiro atoms. The quantitative estimate of drug-likeness (QED) is 0.223. The molecule has 34 heavy (non-hydrogen) atoms. The van der Waals surface area contributed by atoms with Crippen molar-refractivity contribution >= 4 is 47.3 Å². The third-order valence-electron chi connectivity index (χ3n) is 5.73. The fourth-order valence-corrected chi connectivity index (χ4v) is 7.32. The molecule has 0 amide bonds. The van der Waals surface area contributed by atoms with Gasteiger partial charge in [-0.2, -0.15) is 11.3 Å². The van der Waals surface area contributed by atoms with E-state index in [4.69, 9.17) is 4.74 Å². The normalized spacial score (nSPS) is 11.2. The average Bonchev–Trinajstić information content (AvgIpc) is 3.38. The summed E-state index contributed by atoms with van der Waals surface area (Å²) >= 11 is 1.75. The maximum Gasteiger partial charge on any atom is 0.118 e. The van der Waals surface area contributed by atoms with Crippen molar-refractivity contribution in [3.05, 3.63) is 131 Å². The largest absolute Gasteiger partial charge is 0.497 e. The van der Waals surface area contributed by atoms with Gasteiger partial charge in [0.25, 0.3) is 0 Å². The van der Waals surface area contributed by atoms with E-state index >= 15 is 0 Å². The number of ether oxygens (including phenoxy) is 1. The van der Waals surface area contributed by atoms with Gasteiger partial charge in [-0.1, -0.05) is 109 Å². The molecule has 0 saturated heterocycles. The highest BCUT2D eigenvalue weighted by Crippen LogP contribution is 2.39. The fraction of sp³-hybridized carbons (Fsp3) is 0.0323. The molecule has 0 bridgehead atoms. The molecular formula is C31H25OPS. The summed E-state index contributed by atoms with van der Waals surface area (Å²) in [5, 5.41) is 8.62. The number of rotatable bonds is 7. The Balaban J connectivity index is 1.57. The molecule has 0 aliphatic heterocycles. The second-order valence-electron chi connectivity index (χ2n) is 7.87. The van der Waals surface area contributed by atoms with Crippen molar-refractivity contribution in [1.29, 1.82) is 0 Å². The van der Waals surface area contributed by atoms with E-state index < -0.39 is 7.92 Å². The van der Waals surface area contributed by atoms with E-state index in [1.165, 1.54) is 32.6 Å². The minimum Gasteiger partial charge on any atom is -0.497 e. The maximum atomic E-state index is 5.28. The Bertz CT molecular complexity index is 1330. The molecule has 0 aliphatic carbocycles. The van der Waals surface area contributed by atoms with Crippen LogP contribution < -0.4 is 20.7 Å². The molecule has 0 atom stereocenters. The van der Waals surface area contributed by atoms with Gasteiger partial charge in [0.05, 0.1) is 7.11 Å². The lowest BCUT2D eigenvalue weighted by Gasteiger charge is -2.22. The Labute approximate surface area is 206 Å². The van der Waals surface area contributed by atoms with Crippen LogP contribution in [0, 0.1) is 0 Å². The summed E-state index contributed by atoms with van der Waals surface area (Å²) in [5.41, 5.74) is 4.98. The van der Waals surface area contributed by atoms with Crippen molar-refractivity contribution in [3.8, 4) is 16.9 Å². The van der Waals surface area contributed by atoms with Crippen molar-refractivity contribution in [2.24, 2.45) is 0 Å². The molecule has 0 unspecified atom stereocenters. The molecule has 0 saturated carbocycles. The molecule has 0 aliphatic rings. The predicted molar refractivity (Wildman–Crippen MR) is 150 cm³/mol. The number of hydrogen-bond acceptors (Lipinski definition) is 2. The number of benzene rings is 4. The molecule has 4 aromatic carbocycles. The van der Waals surface area contributed by atoms with Gasteiger partial charge < -0.3 is 4.74 Å². The van der Waals surface area contributed by atoms with Crippen molar-refractivity contribution < 1.29 is 4.74 Å². The zero-order valence-corrected chi connectivity index (χ0v) is 20.7. The minimum atomic E-state index is -0.676. The van der Waals surface area contributed by atoms with E-state index in [2.05, 4.69) is 120 Å². The highest BCUT2D eigenvalue weighted by atomic mass is 32.1. The molecule has 0 radical (unpaired) electrons. The van der Waals surface area contributed by atoms with Crippen LogP contribution in [0.5, 0.6) is 5.75 Å². The van der Waals surface area contributed by atoms with Gasteiger partial charge in [-0.15, -0.1) is 0 Å². The molecule has 3 heteroatoms. The van der Waals surface area contributed by atoms with Crippen LogP contribution >= 0.6 is 19.3 Å². The second kappa shape index (κ2) is 10.7. The van der Waals surface area contributed by atoms with E-state index in [0.717, 1.165) is 11.3 Å². The number of hydrogen-bond donors (Lipinski definition) is 0. The molecule has 166 valence electrons. The summed E-state index contributed by atoms with van der Waals surface area (Å²) in [4.78, 5) is 0. The highest BCUT2D eigenvalue weighted by molar-refractivity contribution is 7.80. The van der Waals surface area contributed by atoms with Crippen LogP contribution in [0.15, 0.2) is 120 Å². The van der Waals surface area contributed by atoms with Crippen molar-refractivity contribution in [2.45, 2.75) is 0 Å². The van der Waals surface area contributed by atoms with Crippen LogP contribution in [-0.2, 0) is 0 Å². The minimum absolute atomic E-state index is 0.676. The van der Waals surface area contributed by atoms with Gasteiger partial charge in [0.15, 0.2) is 0 Å². The molecule has 1 aromatic heterocycles. The predicted octanol–water partition coefficient (Wildman–Crippen LogP) is 7.35. The van der Waals surface area contributed by atoms with Crippen molar-refractivity contribution in [3.63, 3.8) is 0 Å². The Morgan fingerprint density at radius 3 is 1.88 bits per heavy atom. The smallest absolute Gasteiger partial charge is 0.118 e. The first-order valence-corrected chi connectivity index (χ1v) is 13.5. The molecule has 5 rings (SSSR count). The van der Waals surface area contributed by atoms with Crippen LogP contribution in [0.3, 0.4) is 0 Å². The number of thiophene rings is 1. The maximum absolute atomic E-state index is 5.28. The van der Waals surface area contributed by atoms with E-state index in [1.54, 1.807) is 18.4 Å². The summed E-state index contributed by atoms with van der Waals surface area (Å²) in [7, 11) is 1.02. The van der Waals surface area contributed by atoms with Gasteiger partial charge in [-0.3, -0.25) is 0 Å². The van der Waals surface area contributed by atoms with Crippen LogP contribution in [0.25, 0.3) is 23.3 Å². The lowest BCUT2D eigenvalue weighted by Crippen LogP contribution is -2.22. The first-order valence-electron chi connectivity index (χ1n) is 11.2. The standard InChI is InChI=1S/C31H25OPS/c1-32-26-20-17-24(18-21-26)16-19-25-22-34-23-30(25)29-14-8-9-15-31(29)33(27-10-4-2-5-11-27)28-12-6-3-7-13-28/h2-23H,1H3.